The number of ketones is 1. The maximum atomic E-state index is 12.5. The number of carbonyl (C=O) groups excluding carboxylic acids is 4. The van der Waals surface area contributed by atoms with Crippen LogP contribution in [0.25, 0.3) is 0 Å². The van der Waals surface area contributed by atoms with Crippen molar-refractivity contribution in [1.29, 1.82) is 0 Å². The van der Waals surface area contributed by atoms with Crippen LogP contribution in [0.1, 0.15) is 19.8 Å². The van der Waals surface area contributed by atoms with Gasteiger partial charge in [0.2, 0.25) is 0 Å². The Bertz CT molecular complexity index is 562. The van der Waals surface area contributed by atoms with E-state index in [4.69, 9.17) is 14.4 Å². The fraction of sp³-hybridized carbons (Fsp3) is 0.714. The minimum atomic E-state index is -1.63. The van der Waals surface area contributed by atoms with Crippen LogP contribution in [0.3, 0.4) is 0 Å². The van der Waals surface area contributed by atoms with Crippen molar-refractivity contribution in [3.05, 3.63) is 0 Å². The molecule has 0 N–H and O–H groups in total. The number of Topliss-reactive ketones (excluding diaryl/α,β-unsaturated/α-hetero) is 1. The minimum absolute atomic E-state index is 0.164. The lowest BCUT2D eigenvalue weighted by Gasteiger charge is -2.29. The molecule has 2 fully saturated rings. The molecule has 0 saturated carbocycles. The maximum Gasteiger partial charge on any atom is 0.337 e. The van der Waals surface area contributed by atoms with Crippen molar-refractivity contribution >= 4 is 23.7 Å². The molecule has 0 unspecified atom stereocenters. The highest BCUT2D eigenvalue weighted by atomic mass is 17.0. The van der Waals surface area contributed by atoms with Crippen LogP contribution in [0.5, 0.6) is 0 Å². The molecule has 2 aliphatic rings. The summed E-state index contributed by atoms with van der Waals surface area (Å²) < 4.78 is 14.1. The number of esters is 3. The molecular formula is C14H19NO9. The molecule has 0 amide bonds. The van der Waals surface area contributed by atoms with Gasteiger partial charge in [-0.2, -0.15) is 0 Å². The number of methoxy groups -OCH3 is 3. The number of hydrogen-bond donors (Lipinski definition) is 0. The van der Waals surface area contributed by atoms with E-state index in [2.05, 4.69) is 9.47 Å². The summed E-state index contributed by atoms with van der Waals surface area (Å²) >= 11 is 0. The van der Waals surface area contributed by atoms with Crippen molar-refractivity contribution in [2.45, 2.75) is 37.5 Å². The average Bonchev–Trinajstić information content (AvgIpc) is 3.07. The monoisotopic (exact) mass is 345 g/mol. The summed E-state index contributed by atoms with van der Waals surface area (Å²) in [5.74, 6) is -3.48. The summed E-state index contributed by atoms with van der Waals surface area (Å²) in [5, 5.41) is 0.773. The van der Waals surface area contributed by atoms with Crippen molar-refractivity contribution in [2.24, 2.45) is 5.92 Å². The Hall–Kier alpha value is -2.04. The first-order chi connectivity index (χ1) is 11.3. The zero-order valence-corrected chi connectivity index (χ0v) is 13.8. The van der Waals surface area contributed by atoms with Crippen LogP contribution >= 0.6 is 0 Å². The Labute approximate surface area is 137 Å². The van der Waals surface area contributed by atoms with Crippen LogP contribution in [-0.4, -0.2) is 68.0 Å². The van der Waals surface area contributed by atoms with E-state index in [1.807, 2.05) is 0 Å². The lowest BCUT2D eigenvalue weighted by atomic mass is 9.75. The number of fused-ring (bicyclic) bond motifs is 1. The second-order valence-electron chi connectivity index (χ2n) is 5.56. The topological polar surface area (TPSA) is 118 Å². The molecule has 24 heavy (non-hydrogen) atoms. The third kappa shape index (κ3) is 2.76. The van der Waals surface area contributed by atoms with Gasteiger partial charge in [-0.05, 0) is 12.2 Å². The molecule has 0 aromatic carbocycles. The first-order valence-corrected chi connectivity index (χ1v) is 7.19. The van der Waals surface area contributed by atoms with E-state index in [-0.39, 0.29) is 18.6 Å². The second-order valence-corrected chi connectivity index (χ2v) is 5.56. The predicted octanol–water partition coefficient (Wildman–Crippen LogP) is -0.841. The standard InChI is InChI=1S/C14H19NO9/c1-7(16)5-8-10(12(18)21-3)24-15-14(8,13(19)22-4)6-9(23-15)11(17)20-2/h8-10H,5-6H2,1-4H3/t8-,9+,10+,14-/m1/s1. The molecular weight excluding hydrogens is 326 g/mol. The van der Waals surface area contributed by atoms with Gasteiger partial charge in [-0.3, -0.25) is 9.68 Å². The molecule has 2 saturated heterocycles. The molecule has 134 valence electrons. The van der Waals surface area contributed by atoms with Crippen LogP contribution in [0, 0.1) is 5.92 Å². The fourth-order valence-electron chi connectivity index (χ4n) is 3.09. The smallest absolute Gasteiger partial charge is 0.337 e. The Morgan fingerprint density at radius 1 is 1.04 bits per heavy atom. The molecule has 0 spiro atoms. The largest absolute Gasteiger partial charge is 0.467 e. The molecule has 10 nitrogen and oxygen atoms in total. The van der Waals surface area contributed by atoms with E-state index in [1.54, 1.807) is 0 Å². The van der Waals surface area contributed by atoms with Crippen molar-refractivity contribution < 1.29 is 43.1 Å². The predicted molar refractivity (Wildman–Crippen MR) is 73.8 cm³/mol. The number of carbonyl (C=O) groups is 4. The normalized spacial score (nSPS) is 32.1. The summed E-state index contributed by atoms with van der Waals surface area (Å²) in [5.41, 5.74) is -1.63. The van der Waals surface area contributed by atoms with Crippen molar-refractivity contribution in [3.8, 4) is 0 Å². The van der Waals surface area contributed by atoms with Gasteiger partial charge >= 0.3 is 17.9 Å². The number of hydroxylamine groups is 2. The Kier molecular flexibility index (Phi) is 5.21. The lowest BCUT2D eigenvalue weighted by molar-refractivity contribution is -0.362. The number of hydrogen-bond acceptors (Lipinski definition) is 10. The van der Waals surface area contributed by atoms with Gasteiger partial charge in [0.25, 0.3) is 0 Å². The van der Waals surface area contributed by atoms with Crippen LogP contribution in [-0.2, 0) is 43.1 Å². The quantitative estimate of drug-likeness (QED) is 0.461. The molecule has 0 aromatic rings. The molecule has 10 heteroatoms. The number of rotatable bonds is 5. The molecule has 0 radical (unpaired) electrons. The van der Waals surface area contributed by atoms with Gasteiger partial charge in [0, 0.05) is 18.8 Å². The van der Waals surface area contributed by atoms with Crippen LogP contribution in [0.2, 0.25) is 0 Å². The fourth-order valence-corrected chi connectivity index (χ4v) is 3.09. The van der Waals surface area contributed by atoms with Gasteiger partial charge in [-0.15, -0.1) is 0 Å². The summed E-state index contributed by atoms with van der Waals surface area (Å²) in [6, 6.07) is 0. The summed E-state index contributed by atoms with van der Waals surface area (Å²) in [7, 11) is 3.48. The van der Waals surface area contributed by atoms with E-state index in [9.17, 15) is 19.2 Å². The Balaban J connectivity index is 2.45. The molecule has 2 heterocycles. The third-order valence-electron chi connectivity index (χ3n) is 4.18. The second kappa shape index (κ2) is 6.83. The van der Waals surface area contributed by atoms with Gasteiger partial charge < -0.3 is 19.0 Å². The summed E-state index contributed by atoms with van der Waals surface area (Å²) in [6.45, 7) is 1.32. The van der Waals surface area contributed by atoms with E-state index in [0.29, 0.717) is 0 Å². The lowest BCUT2D eigenvalue weighted by Crippen LogP contribution is -2.52. The first-order valence-electron chi connectivity index (χ1n) is 7.19. The van der Waals surface area contributed by atoms with Crippen molar-refractivity contribution in [1.82, 2.24) is 5.23 Å². The molecule has 0 aromatic heterocycles. The highest BCUT2D eigenvalue weighted by Gasteiger charge is 2.69. The molecule has 0 bridgehead atoms. The van der Waals surface area contributed by atoms with Gasteiger partial charge in [-0.25, -0.2) is 14.4 Å². The molecule has 4 atom stereocenters. The Morgan fingerprint density at radius 3 is 2.17 bits per heavy atom. The van der Waals surface area contributed by atoms with E-state index in [0.717, 1.165) is 19.4 Å². The van der Waals surface area contributed by atoms with Gasteiger partial charge in [-0.1, -0.05) is 0 Å². The summed E-state index contributed by atoms with van der Waals surface area (Å²) in [6.07, 6.45) is -2.71. The van der Waals surface area contributed by atoms with E-state index >= 15 is 0 Å². The maximum absolute atomic E-state index is 12.5. The minimum Gasteiger partial charge on any atom is -0.467 e. The first kappa shape index (κ1) is 18.3. The SMILES string of the molecule is COC(=O)[C@@H]1C[C@]2(C(=O)OC)[C@H](CC(C)=O)[C@@H](C(=O)OC)ON2O1. The van der Waals surface area contributed by atoms with Crippen LogP contribution in [0.4, 0.5) is 0 Å². The number of nitrogens with zero attached hydrogens (tertiary/aromatic N) is 1. The Morgan fingerprint density at radius 2 is 1.67 bits per heavy atom. The van der Waals surface area contributed by atoms with E-state index < -0.39 is 41.6 Å². The zero-order chi connectivity index (χ0) is 18.1. The zero-order valence-electron chi connectivity index (χ0n) is 13.8. The molecule has 2 aliphatic heterocycles. The summed E-state index contributed by atoms with van der Waals surface area (Å²) in [4.78, 5) is 58.6. The van der Waals surface area contributed by atoms with Crippen LogP contribution < -0.4 is 0 Å². The number of ether oxygens (including phenoxy) is 3. The van der Waals surface area contributed by atoms with E-state index in [1.165, 1.54) is 14.0 Å². The third-order valence-corrected chi connectivity index (χ3v) is 4.18. The molecule has 2 rings (SSSR count). The van der Waals surface area contributed by atoms with Gasteiger partial charge in [0.05, 0.1) is 21.3 Å². The highest BCUT2D eigenvalue weighted by Crippen LogP contribution is 2.49. The van der Waals surface area contributed by atoms with Crippen molar-refractivity contribution in [3.63, 3.8) is 0 Å². The van der Waals surface area contributed by atoms with Gasteiger partial charge in [0.1, 0.15) is 5.78 Å². The van der Waals surface area contributed by atoms with Gasteiger partial charge in [0.15, 0.2) is 17.7 Å². The van der Waals surface area contributed by atoms with Crippen LogP contribution in [0.15, 0.2) is 0 Å². The highest BCUT2D eigenvalue weighted by molar-refractivity contribution is 5.88. The van der Waals surface area contributed by atoms with Crippen molar-refractivity contribution in [2.75, 3.05) is 21.3 Å². The average molecular weight is 345 g/mol. The molecule has 0 aliphatic carbocycles.